The van der Waals surface area contributed by atoms with Crippen LogP contribution in [0.15, 0.2) is 6.33 Å². The third-order valence-electron chi connectivity index (χ3n) is 4.03. The first kappa shape index (κ1) is 33.1. The van der Waals surface area contributed by atoms with Gasteiger partial charge in [0.2, 0.25) is 0 Å². The number of aromatic nitrogens is 4. The number of hydrogen-bond acceptors (Lipinski definition) is 8. The summed E-state index contributed by atoms with van der Waals surface area (Å²) in [4.78, 5) is 76.0. The Balaban J connectivity index is 0.000000635. The summed E-state index contributed by atoms with van der Waals surface area (Å²) in [6, 6.07) is -0.0928. The van der Waals surface area contributed by atoms with Gasteiger partial charge >= 0.3 is 29.5 Å². The van der Waals surface area contributed by atoms with Gasteiger partial charge in [-0.05, 0) is 19.8 Å². The Morgan fingerprint density at radius 3 is 1.86 bits per heavy atom. The lowest BCUT2D eigenvalue weighted by Gasteiger charge is -2.20. The van der Waals surface area contributed by atoms with E-state index < -0.39 is 41.1 Å². The van der Waals surface area contributed by atoms with Gasteiger partial charge in [-0.3, -0.25) is 0 Å². The van der Waals surface area contributed by atoms with Crippen LogP contribution in [-0.4, -0.2) is 74.8 Å². The number of anilines is 1. The van der Waals surface area contributed by atoms with Crippen LogP contribution in [0.2, 0.25) is 0 Å². The van der Waals surface area contributed by atoms with Crippen LogP contribution in [0.3, 0.4) is 0 Å². The van der Waals surface area contributed by atoms with Gasteiger partial charge in [0.25, 0.3) is 0 Å². The Hall–Kier alpha value is -1.87. The van der Waals surface area contributed by atoms with E-state index in [1.807, 2.05) is 6.92 Å². The van der Waals surface area contributed by atoms with E-state index in [4.69, 9.17) is 69.9 Å². The van der Waals surface area contributed by atoms with Crippen molar-refractivity contribution in [2.45, 2.75) is 31.9 Å². The molecule has 3 atom stereocenters. The first-order chi connectivity index (χ1) is 15.4. The largest absolute Gasteiger partial charge is 0.466 e. The second-order valence-corrected chi connectivity index (χ2v) is 9.99. The molecule has 0 aromatic carbocycles. The van der Waals surface area contributed by atoms with Crippen LogP contribution in [0.25, 0.3) is 11.2 Å². The molecular formula is C13H23FN5O13P3. The van der Waals surface area contributed by atoms with Crippen molar-refractivity contribution in [3.05, 3.63) is 12.4 Å². The van der Waals surface area contributed by atoms with Gasteiger partial charge in [-0.2, -0.15) is 14.4 Å². The molecule has 1 aliphatic carbocycles. The molecular weight excluding hydrogens is 546 g/mol. The highest BCUT2D eigenvalue weighted by molar-refractivity contribution is 7.45. The fraction of sp³-hybridized carbons (Fsp3) is 0.462. The Kier molecular flexibility index (Phi) is 11.7. The second kappa shape index (κ2) is 12.4. The maximum atomic E-state index is 13.3. The standard InChI is InChI=1S/C13H14FN5O.3H3O4P/c1-3-13(2)5-7(4-8(13)20)19-6-16-9-10(15)17-12(14)18-11(9)19;3*1-5(2,3)4/h1,6-8,20H,4-5H2,2H3,(H2,15,17,18);3*(H3,1,2,3,4)/t7-,8-,13+;;;/m0.../s1. The lowest BCUT2D eigenvalue weighted by atomic mass is 9.88. The first-order valence-electron chi connectivity index (χ1n) is 8.61. The molecule has 0 spiro atoms. The Morgan fingerprint density at radius 1 is 1.06 bits per heavy atom. The molecule has 0 aliphatic heterocycles. The number of rotatable bonds is 1. The van der Waals surface area contributed by atoms with Gasteiger partial charge in [0.1, 0.15) is 5.52 Å². The average Bonchev–Trinajstić information content (AvgIpc) is 3.12. The summed E-state index contributed by atoms with van der Waals surface area (Å²) in [6.45, 7) is 1.83. The summed E-state index contributed by atoms with van der Waals surface area (Å²) in [5.74, 6) is 2.64. The van der Waals surface area contributed by atoms with Gasteiger partial charge in [0.05, 0.1) is 17.8 Å². The maximum absolute atomic E-state index is 13.3. The molecule has 0 amide bonds. The van der Waals surface area contributed by atoms with E-state index in [0.717, 1.165) is 0 Å². The third kappa shape index (κ3) is 14.3. The lowest BCUT2D eigenvalue weighted by molar-refractivity contribution is 0.104. The predicted molar refractivity (Wildman–Crippen MR) is 114 cm³/mol. The van der Waals surface area contributed by atoms with Crippen molar-refractivity contribution in [1.82, 2.24) is 19.5 Å². The minimum Gasteiger partial charge on any atom is -0.391 e. The number of halogens is 1. The van der Waals surface area contributed by atoms with Crippen LogP contribution < -0.4 is 5.73 Å². The summed E-state index contributed by atoms with van der Waals surface area (Å²) >= 11 is 0. The Labute approximate surface area is 195 Å². The van der Waals surface area contributed by atoms with Crippen molar-refractivity contribution in [2.75, 3.05) is 5.73 Å². The average molecular weight is 569 g/mol. The molecule has 35 heavy (non-hydrogen) atoms. The Bertz CT molecular complexity index is 1120. The van der Waals surface area contributed by atoms with Gasteiger partial charge in [-0.15, -0.1) is 6.42 Å². The quantitative estimate of drug-likeness (QED) is 0.101. The van der Waals surface area contributed by atoms with Crippen molar-refractivity contribution in [1.29, 1.82) is 0 Å². The summed E-state index contributed by atoms with van der Waals surface area (Å²) in [6.07, 6.45) is 6.57. The normalized spacial score (nSPS) is 22.0. The van der Waals surface area contributed by atoms with E-state index in [-0.39, 0.29) is 11.9 Å². The molecule has 200 valence electrons. The van der Waals surface area contributed by atoms with Gasteiger partial charge < -0.3 is 59.4 Å². The smallest absolute Gasteiger partial charge is 0.391 e. The zero-order chi connectivity index (χ0) is 28.0. The van der Waals surface area contributed by atoms with Crippen LogP contribution >= 0.6 is 23.5 Å². The third-order valence-corrected chi connectivity index (χ3v) is 4.03. The zero-order valence-corrected chi connectivity index (χ0v) is 20.2. The van der Waals surface area contributed by atoms with E-state index in [1.165, 1.54) is 6.33 Å². The maximum Gasteiger partial charge on any atom is 0.466 e. The summed E-state index contributed by atoms with van der Waals surface area (Å²) < 4.78 is 41.7. The van der Waals surface area contributed by atoms with Crippen LogP contribution in [-0.2, 0) is 13.7 Å². The fourth-order valence-electron chi connectivity index (χ4n) is 2.77. The van der Waals surface area contributed by atoms with Crippen molar-refractivity contribution >= 4 is 40.4 Å². The van der Waals surface area contributed by atoms with Crippen LogP contribution in [0, 0.1) is 23.8 Å². The molecule has 0 unspecified atom stereocenters. The highest BCUT2D eigenvalue weighted by Gasteiger charge is 2.43. The fourth-order valence-corrected chi connectivity index (χ4v) is 2.77. The molecule has 0 saturated heterocycles. The van der Waals surface area contributed by atoms with Gasteiger partial charge in [-0.1, -0.05) is 5.92 Å². The number of terminal acetylenes is 1. The molecule has 2 aromatic rings. The van der Waals surface area contributed by atoms with Crippen molar-refractivity contribution in [3.63, 3.8) is 0 Å². The molecule has 2 heterocycles. The van der Waals surface area contributed by atoms with Crippen LogP contribution in [0.1, 0.15) is 25.8 Å². The summed E-state index contributed by atoms with van der Waals surface area (Å²) in [5.41, 5.74) is 5.71. The molecule has 18 nitrogen and oxygen atoms in total. The van der Waals surface area contributed by atoms with Gasteiger partial charge in [0.15, 0.2) is 11.5 Å². The molecule has 1 fully saturated rings. The van der Waals surface area contributed by atoms with Gasteiger partial charge in [-0.25, -0.2) is 18.7 Å². The number of nitrogens with zero attached hydrogens (tertiary/aromatic N) is 4. The van der Waals surface area contributed by atoms with E-state index >= 15 is 0 Å². The zero-order valence-electron chi connectivity index (χ0n) is 17.5. The lowest BCUT2D eigenvalue weighted by Crippen LogP contribution is -2.23. The number of aliphatic hydroxyl groups is 1. The number of aliphatic hydroxyl groups excluding tert-OH is 1. The van der Waals surface area contributed by atoms with E-state index in [9.17, 15) is 9.50 Å². The molecule has 2 aromatic heterocycles. The first-order valence-corrected chi connectivity index (χ1v) is 13.3. The molecule has 22 heteroatoms. The number of imidazole rings is 1. The van der Waals surface area contributed by atoms with Crippen molar-refractivity contribution in [2.24, 2.45) is 5.41 Å². The van der Waals surface area contributed by atoms with Crippen LogP contribution in [0.5, 0.6) is 0 Å². The number of nitrogens with two attached hydrogens (primary N) is 1. The van der Waals surface area contributed by atoms with Gasteiger partial charge in [0, 0.05) is 6.04 Å². The van der Waals surface area contributed by atoms with E-state index in [1.54, 1.807) is 4.57 Å². The minimum atomic E-state index is -4.64. The monoisotopic (exact) mass is 569 g/mol. The highest BCUT2D eigenvalue weighted by atomic mass is 31.2. The minimum absolute atomic E-state index is 0.00417. The molecule has 3 rings (SSSR count). The summed E-state index contributed by atoms with van der Waals surface area (Å²) in [7, 11) is -13.9. The molecule has 12 N–H and O–H groups in total. The van der Waals surface area contributed by atoms with Crippen molar-refractivity contribution in [3.8, 4) is 12.3 Å². The molecule has 0 bridgehead atoms. The number of fused-ring (bicyclic) bond motifs is 1. The second-order valence-electron chi connectivity index (χ2n) is 6.91. The molecule has 0 radical (unpaired) electrons. The van der Waals surface area contributed by atoms with Crippen LogP contribution in [0.4, 0.5) is 10.2 Å². The molecule has 1 saturated carbocycles. The van der Waals surface area contributed by atoms with E-state index in [2.05, 4.69) is 20.9 Å². The number of phosphoric acid groups is 3. The highest BCUT2D eigenvalue weighted by Crippen LogP contribution is 2.44. The number of hydrogen-bond donors (Lipinski definition) is 11. The topological polar surface area (TPSA) is 323 Å². The van der Waals surface area contributed by atoms with Crippen molar-refractivity contribution < 1.29 is 67.2 Å². The predicted octanol–water partition coefficient (Wildman–Crippen LogP) is -1.90. The Morgan fingerprint density at radius 2 is 1.49 bits per heavy atom. The van der Waals surface area contributed by atoms with E-state index in [0.29, 0.717) is 24.0 Å². The molecule has 1 aliphatic rings. The SMILES string of the molecule is C#C[C@]1(C)C[C@@H](n2cnc3c(N)nc(F)nc32)C[C@@H]1O.O=P(O)(O)O.O=P(O)(O)O.O=P(O)(O)O. The summed E-state index contributed by atoms with van der Waals surface area (Å²) in [5, 5.41) is 10.1. The number of nitrogen functional groups attached to an aromatic ring is 1.